The van der Waals surface area contributed by atoms with Crippen LogP contribution >= 0.6 is 0 Å². The van der Waals surface area contributed by atoms with Crippen LogP contribution in [0.4, 0.5) is 11.5 Å². The standard InChI is InChI=1S/C26H29N5O4/c1-15-9-20(16(2)28-21-6-4-3-5-19(21)26(34)35)24-22(10-15)29-23(11-27)25(30-24)31-8-7-17(12-31)18(13-32)14-33/h3-6,9-10,16-18,28,32-33H,7-8,12-14H2,1-2H3,(H,34,35)/t16-,17?/m1/s1. The molecule has 3 aromatic rings. The van der Waals surface area contributed by atoms with E-state index in [2.05, 4.69) is 16.4 Å². The molecule has 9 heteroatoms. The number of carboxylic acid groups (broad SMARTS) is 1. The number of fused-ring (bicyclic) bond motifs is 1. The predicted molar refractivity (Wildman–Crippen MR) is 132 cm³/mol. The van der Waals surface area contributed by atoms with E-state index in [4.69, 9.17) is 4.98 Å². The molecular weight excluding hydrogens is 446 g/mol. The van der Waals surface area contributed by atoms with Crippen LogP contribution in [0.25, 0.3) is 11.0 Å². The maximum absolute atomic E-state index is 11.7. The summed E-state index contributed by atoms with van der Waals surface area (Å²) in [6, 6.07) is 12.5. The van der Waals surface area contributed by atoms with Gasteiger partial charge in [-0.3, -0.25) is 0 Å². The summed E-state index contributed by atoms with van der Waals surface area (Å²) >= 11 is 0. The predicted octanol–water partition coefficient (Wildman–Crippen LogP) is 3.11. The second-order valence-corrected chi connectivity index (χ2v) is 9.07. The average molecular weight is 476 g/mol. The number of carbonyl (C=O) groups is 1. The molecule has 0 bridgehead atoms. The zero-order valence-corrected chi connectivity index (χ0v) is 19.8. The number of hydrogen-bond donors (Lipinski definition) is 4. The minimum Gasteiger partial charge on any atom is -0.478 e. The number of rotatable bonds is 8. The summed E-state index contributed by atoms with van der Waals surface area (Å²) in [5, 5.41) is 41.8. The van der Waals surface area contributed by atoms with Crippen LogP contribution in [-0.4, -0.2) is 57.6 Å². The van der Waals surface area contributed by atoms with Crippen LogP contribution in [0, 0.1) is 30.1 Å². The maximum Gasteiger partial charge on any atom is 0.337 e. The van der Waals surface area contributed by atoms with Crippen molar-refractivity contribution >= 4 is 28.5 Å². The Morgan fingerprint density at radius 3 is 2.69 bits per heavy atom. The number of nitrogens with one attached hydrogen (secondary N) is 1. The van der Waals surface area contributed by atoms with Gasteiger partial charge in [0.1, 0.15) is 6.07 Å². The molecule has 35 heavy (non-hydrogen) atoms. The van der Waals surface area contributed by atoms with Gasteiger partial charge in [0.15, 0.2) is 11.5 Å². The van der Waals surface area contributed by atoms with Gasteiger partial charge in [-0.1, -0.05) is 18.2 Å². The Labute approximate surface area is 203 Å². The molecule has 1 unspecified atom stereocenters. The molecular formula is C26H29N5O4. The number of aromatic nitrogens is 2. The molecule has 1 saturated heterocycles. The van der Waals surface area contributed by atoms with Crippen molar-refractivity contribution in [3.05, 3.63) is 58.8 Å². The molecule has 1 aliphatic rings. The molecule has 1 aromatic heterocycles. The number of aryl methyl sites for hydroxylation is 1. The third-order valence-electron chi connectivity index (χ3n) is 6.69. The molecule has 4 N–H and O–H groups in total. The number of carboxylic acids is 1. The molecule has 2 heterocycles. The van der Waals surface area contributed by atoms with Gasteiger partial charge in [0.25, 0.3) is 0 Å². The van der Waals surface area contributed by atoms with Gasteiger partial charge in [0.05, 0.1) is 22.6 Å². The van der Waals surface area contributed by atoms with Gasteiger partial charge < -0.3 is 25.5 Å². The second kappa shape index (κ2) is 10.3. The van der Waals surface area contributed by atoms with Gasteiger partial charge in [-0.15, -0.1) is 0 Å². The Bertz CT molecular complexity index is 1280. The lowest BCUT2D eigenvalue weighted by Crippen LogP contribution is -2.27. The lowest BCUT2D eigenvalue weighted by molar-refractivity contribution is 0.0698. The van der Waals surface area contributed by atoms with Gasteiger partial charge in [-0.2, -0.15) is 5.26 Å². The van der Waals surface area contributed by atoms with Crippen LogP contribution in [0.5, 0.6) is 0 Å². The van der Waals surface area contributed by atoms with Gasteiger partial charge >= 0.3 is 5.97 Å². The van der Waals surface area contributed by atoms with E-state index < -0.39 is 5.97 Å². The van der Waals surface area contributed by atoms with E-state index in [1.807, 2.05) is 30.9 Å². The highest BCUT2D eigenvalue weighted by molar-refractivity contribution is 5.94. The van der Waals surface area contributed by atoms with Crippen molar-refractivity contribution in [1.29, 1.82) is 5.26 Å². The number of aromatic carboxylic acids is 1. The first-order valence-electron chi connectivity index (χ1n) is 11.6. The summed E-state index contributed by atoms with van der Waals surface area (Å²) in [5.41, 5.74) is 3.95. The number of benzene rings is 2. The van der Waals surface area contributed by atoms with Crippen molar-refractivity contribution in [2.75, 3.05) is 36.5 Å². The number of aliphatic hydroxyl groups is 2. The summed E-state index contributed by atoms with van der Waals surface area (Å²) in [5.74, 6) is -0.640. The fourth-order valence-electron chi connectivity index (χ4n) is 4.78. The van der Waals surface area contributed by atoms with E-state index in [0.29, 0.717) is 35.6 Å². The molecule has 9 nitrogen and oxygen atoms in total. The summed E-state index contributed by atoms with van der Waals surface area (Å²) in [6.07, 6.45) is 0.779. The topological polar surface area (TPSA) is 143 Å². The molecule has 2 aromatic carbocycles. The van der Waals surface area contributed by atoms with Crippen LogP contribution in [0.15, 0.2) is 36.4 Å². The van der Waals surface area contributed by atoms with Gasteiger partial charge in [0.2, 0.25) is 0 Å². The van der Waals surface area contributed by atoms with Gasteiger partial charge in [-0.05, 0) is 49.9 Å². The van der Waals surface area contributed by atoms with Crippen LogP contribution in [0.2, 0.25) is 0 Å². The van der Waals surface area contributed by atoms with E-state index in [-0.39, 0.29) is 42.3 Å². The fourth-order valence-corrected chi connectivity index (χ4v) is 4.78. The molecule has 182 valence electrons. The SMILES string of the molecule is Cc1cc([C@@H](C)Nc2ccccc2C(=O)O)c2nc(N3CCC(C(CO)CO)C3)c(C#N)nc2c1. The van der Waals surface area contributed by atoms with Crippen molar-refractivity contribution in [2.45, 2.75) is 26.3 Å². The molecule has 0 spiro atoms. The Morgan fingerprint density at radius 1 is 1.26 bits per heavy atom. The van der Waals surface area contributed by atoms with E-state index >= 15 is 0 Å². The number of nitriles is 1. The number of nitrogens with zero attached hydrogens (tertiary/aromatic N) is 4. The summed E-state index contributed by atoms with van der Waals surface area (Å²) in [6.45, 7) is 4.92. The Hall–Kier alpha value is -3.74. The summed E-state index contributed by atoms with van der Waals surface area (Å²) in [4.78, 5) is 23.2. The lowest BCUT2D eigenvalue weighted by Gasteiger charge is -2.23. The van der Waals surface area contributed by atoms with E-state index in [1.54, 1.807) is 24.3 Å². The quantitative estimate of drug-likeness (QED) is 0.386. The minimum atomic E-state index is -1.01. The first kappa shape index (κ1) is 24.4. The monoisotopic (exact) mass is 475 g/mol. The van der Waals surface area contributed by atoms with Crippen molar-refractivity contribution in [2.24, 2.45) is 11.8 Å². The fraction of sp³-hybridized carbons (Fsp3) is 0.385. The smallest absolute Gasteiger partial charge is 0.337 e. The second-order valence-electron chi connectivity index (χ2n) is 9.07. The largest absolute Gasteiger partial charge is 0.478 e. The van der Waals surface area contributed by atoms with Gasteiger partial charge in [0, 0.05) is 43.5 Å². The van der Waals surface area contributed by atoms with Crippen LogP contribution in [0.1, 0.15) is 46.6 Å². The Morgan fingerprint density at radius 2 is 2.00 bits per heavy atom. The zero-order chi connectivity index (χ0) is 25.1. The molecule has 1 fully saturated rings. The van der Waals surface area contributed by atoms with Crippen molar-refractivity contribution < 1.29 is 20.1 Å². The first-order chi connectivity index (χ1) is 16.9. The lowest BCUT2D eigenvalue weighted by atomic mass is 9.93. The highest BCUT2D eigenvalue weighted by Gasteiger charge is 2.31. The number of anilines is 2. The third kappa shape index (κ3) is 4.90. The van der Waals surface area contributed by atoms with Crippen LogP contribution in [0.3, 0.4) is 0 Å². The number of aliphatic hydroxyl groups excluding tert-OH is 2. The van der Waals surface area contributed by atoms with Gasteiger partial charge in [-0.25, -0.2) is 14.8 Å². The molecule has 2 atom stereocenters. The molecule has 0 saturated carbocycles. The van der Waals surface area contributed by atoms with Crippen LogP contribution < -0.4 is 10.2 Å². The highest BCUT2D eigenvalue weighted by atomic mass is 16.4. The number of hydrogen-bond acceptors (Lipinski definition) is 8. The summed E-state index contributed by atoms with van der Waals surface area (Å²) < 4.78 is 0. The average Bonchev–Trinajstić information content (AvgIpc) is 3.33. The Kier molecular flexibility index (Phi) is 7.15. The normalized spacial score (nSPS) is 16.5. The first-order valence-corrected chi connectivity index (χ1v) is 11.6. The zero-order valence-electron chi connectivity index (χ0n) is 19.8. The van der Waals surface area contributed by atoms with E-state index in [9.17, 15) is 25.4 Å². The Balaban J connectivity index is 1.74. The van der Waals surface area contributed by atoms with Crippen molar-refractivity contribution in [1.82, 2.24) is 9.97 Å². The molecule has 0 aliphatic carbocycles. The maximum atomic E-state index is 11.7. The molecule has 4 rings (SSSR count). The molecule has 1 aliphatic heterocycles. The molecule has 0 radical (unpaired) electrons. The third-order valence-corrected chi connectivity index (χ3v) is 6.69. The summed E-state index contributed by atoms with van der Waals surface area (Å²) in [7, 11) is 0. The number of para-hydroxylation sites is 1. The van der Waals surface area contributed by atoms with E-state index in [0.717, 1.165) is 17.5 Å². The van der Waals surface area contributed by atoms with Crippen LogP contribution in [-0.2, 0) is 0 Å². The molecule has 0 amide bonds. The van der Waals surface area contributed by atoms with Crippen molar-refractivity contribution in [3.63, 3.8) is 0 Å². The highest BCUT2D eigenvalue weighted by Crippen LogP contribution is 2.33. The minimum absolute atomic E-state index is 0.0893. The van der Waals surface area contributed by atoms with Crippen molar-refractivity contribution in [3.8, 4) is 6.07 Å². The van der Waals surface area contributed by atoms with E-state index in [1.165, 1.54) is 0 Å².